The molecule has 2 aliphatic rings. The fourth-order valence-corrected chi connectivity index (χ4v) is 3.90. The molecule has 6 nitrogen and oxygen atoms in total. The van der Waals surface area contributed by atoms with E-state index >= 15 is 0 Å². The highest BCUT2D eigenvalue weighted by atomic mass is 16.2. The third-order valence-corrected chi connectivity index (χ3v) is 5.55. The smallest absolute Gasteiger partial charge is 0.222 e. The Morgan fingerprint density at radius 1 is 1.40 bits per heavy atom. The van der Waals surface area contributed by atoms with Crippen molar-refractivity contribution in [1.29, 1.82) is 5.26 Å². The first-order chi connectivity index (χ1) is 12.1. The van der Waals surface area contributed by atoms with Gasteiger partial charge < -0.3 is 9.80 Å². The summed E-state index contributed by atoms with van der Waals surface area (Å²) in [6.07, 6.45) is 5.85. The molecule has 6 heteroatoms. The predicted octanol–water partition coefficient (Wildman–Crippen LogP) is 1.64. The molecule has 1 amide bonds. The van der Waals surface area contributed by atoms with E-state index in [0.29, 0.717) is 18.5 Å². The second-order valence-electron chi connectivity index (χ2n) is 6.96. The van der Waals surface area contributed by atoms with E-state index in [0.717, 1.165) is 44.8 Å². The SMILES string of the molecule is C=CCN1CC[C@]2(CCC1=O)CN(c1cc(C#N)ccn1)CCN2C. The number of hydrogen-bond acceptors (Lipinski definition) is 5. The molecule has 1 atom stereocenters. The maximum atomic E-state index is 12.4. The van der Waals surface area contributed by atoms with Gasteiger partial charge in [0, 0.05) is 50.9 Å². The average molecular weight is 339 g/mol. The topological polar surface area (TPSA) is 63.5 Å². The lowest BCUT2D eigenvalue weighted by Crippen LogP contribution is -2.61. The summed E-state index contributed by atoms with van der Waals surface area (Å²) in [5.41, 5.74) is 0.597. The first-order valence-corrected chi connectivity index (χ1v) is 8.79. The highest BCUT2D eigenvalue weighted by Gasteiger charge is 2.42. The summed E-state index contributed by atoms with van der Waals surface area (Å²) >= 11 is 0. The number of hydrogen-bond donors (Lipinski definition) is 0. The summed E-state index contributed by atoms with van der Waals surface area (Å²) in [6, 6.07) is 5.77. The van der Waals surface area contributed by atoms with Crippen LogP contribution >= 0.6 is 0 Å². The number of rotatable bonds is 3. The van der Waals surface area contributed by atoms with Crippen molar-refractivity contribution in [2.45, 2.75) is 24.8 Å². The number of piperazine rings is 1. The van der Waals surface area contributed by atoms with Crippen molar-refractivity contribution in [3.63, 3.8) is 0 Å². The van der Waals surface area contributed by atoms with Gasteiger partial charge in [0.25, 0.3) is 0 Å². The van der Waals surface area contributed by atoms with Gasteiger partial charge in [0.05, 0.1) is 11.6 Å². The molecule has 132 valence electrons. The molecular weight excluding hydrogens is 314 g/mol. The van der Waals surface area contributed by atoms with Crippen molar-refractivity contribution in [1.82, 2.24) is 14.8 Å². The number of nitrogens with zero attached hydrogens (tertiary/aromatic N) is 5. The standard InChI is InChI=1S/C19H25N5O/c1-3-9-23-10-7-19(6-4-18(23)25)15-24(12-11-22(19)2)17-13-16(14-20)5-8-21-17/h3,5,8,13H,1,4,6-7,9-12,15H2,2H3/t19-/m1/s1. The van der Waals surface area contributed by atoms with E-state index in [9.17, 15) is 4.79 Å². The van der Waals surface area contributed by atoms with Crippen molar-refractivity contribution >= 4 is 11.7 Å². The Balaban J connectivity index is 1.81. The van der Waals surface area contributed by atoms with Crippen LogP contribution in [0.4, 0.5) is 5.82 Å². The fraction of sp³-hybridized carbons (Fsp3) is 0.526. The molecule has 2 aliphatic heterocycles. The normalized spacial score (nSPS) is 24.9. The maximum absolute atomic E-state index is 12.4. The zero-order valence-electron chi connectivity index (χ0n) is 14.8. The van der Waals surface area contributed by atoms with E-state index in [4.69, 9.17) is 5.26 Å². The number of pyridine rings is 1. The average Bonchev–Trinajstić information content (AvgIpc) is 2.79. The van der Waals surface area contributed by atoms with E-state index in [2.05, 4.69) is 34.5 Å². The Morgan fingerprint density at radius 2 is 2.24 bits per heavy atom. The van der Waals surface area contributed by atoms with Gasteiger partial charge in [0.2, 0.25) is 5.91 Å². The Hall–Kier alpha value is -2.39. The van der Waals surface area contributed by atoms with Gasteiger partial charge in [-0.3, -0.25) is 9.69 Å². The number of nitriles is 1. The summed E-state index contributed by atoms with van der Waals surface area (Å²) < 4.78 is 0. The van der Waals surface area contributed by atoms with Gasteiger partial charge in [0.1, 0.15) is 5.82 Å². The van der Waals surface area contributed by atoms with Gasteiger partial charge in [-0.2, -0.15) is 5.26 Å². The minimum absolute atomic E-state index is 0.0336. The lowest BCUT2D eigenvalue weighted by atomic mass is 9.86. The van der Waals surface area contributed by atoms with Crippen molar-refractivity contribution in [2.24, 2.45) is 0 Å². The quantitative estimate of drug-likeness (QED) is 0.784. The van der Waals surface area contributed by atoms with Crippen molar-refractivity contribution in [3.05, 3.63) is 36.5 Å². The largest absolute Gasteiger partial charge is 0.353 e. The molecule has 1 spiro atoms. The van der Waals surface area contributed by atoms with E-state index in [1.807, 2.05) is 11.0 Å². The summed E-state index contributed by atoms with van der Waals surface area (Å²) in [5.74, 6) is 1.07. The summed E-state index contributed by atoms with van der Waals surface area (Å²) in [7, 11) is 2.16. The van der Waals surface area contributed by atoms with Crippen LogP contribution < -0.4 is 4.90 Å². The molecule has 1 aromatic heterocycles. The molecule has 0 N–H and O–H groups in total. The van der Waals surface area contributed by atoms with Crippen molar-refractivity contribution in [3.8, 4) is 6.07 Å². The Morgan fingerprint density at radius 3 is 3.00 bits per heavy atom. The Bertz CT molecular complexity index is 697. The van der Waals surface area contributed by atoms with Crippen LogP contribution in [0.15, 0.2) is 31.0 Å². The van der Waals surface area contributed by atoms with Crippen LogP contribution in [-0.2, 0) is 4.79 Å². The maximum Gasteiger partial charge on any atom is 0.222 e. The van der Waals surface area contributed by atoms with Gasteiger partial charge in [-0.1, -0.05) is 6.08 Å². The van der Waals surface area contributed by atoms with Crippen LogP contribution in [0.1, 0.15) is 24.8 Å². The third-order valence-electron chi connectivity index (χ3n) is 5.55. The van der Waals surface area contributed by atoms with Crippen LogP contribution in [-0.4, -0.2) is 66.0 Å². The minimum atomic E-state index is -0.0336. The summed E-state index contributed by atoms with van der Waals surface area (Å²) in [5, 5.41) is 9.14. The fourth-order valence-electron chi connectivity index (χ4n) is 3.90. The monoisotopic (exact) mass is 339 g/mol. The number of aromatic nitrogens is 1. The number of likely N-dealkylation sites (N-methyl/N-ethyl adjacent to an activating group) is 1. The molecule has 0 aromatic carbocycles. The van der Waals surface area contributed by atoms with Crippen LogP contribution in [0.2, 0.25) is 0 Å². The molecule has 0 radical (unpaired) electrons. The van der Waals surface area contributed by atoms with Gasteiger partial charge in [0.15, 0.2) is 0 Å². The van der Waals surface area contributed by atoms with Crippen molar-refractivity contribution in [2.75, 3.05) is 44.7 Å². The lowest BCUT2D eigenvalue weighted by molar-refractivity contribution is -0.130. The van der Waals surface area contributed by atoms with Gasteiger partial charge in [-0.15, -0.1) is 6.58 Å². The molecule has 0 aliphatic carbocycles. The summed E-state index contributed by atoms with van der Waals surface area (Å²) in [6.45, 7) is 7.78. The second-order valence-corrected chi connectivity index (χ2v) is 6.96. The molecule has 0 saturated carbocycles. The molecule has 3 rings (SSSR count). The van der Waals surface area contributed by atoms with Gasteiger partial charge >= 0.3 is 0 Å². The molecule has 25 heavy (non-hydrogen) atoms. The van der Waals surface area contributed by atoms with Crippen LogP contribution in [0.25, 0.3) is 0 Å². The lowest BCUT2D eigenvalue weighted by Gasteiger charge is -2.49. The van der Waals surface area contributed by atoms with E-state index in [1.54, 1.807) is 18.3 Å². The van der Waals surface area contributed by atoms with E-state index < -0.39 is 0 Å². The molecule has 1 aromatic rings. The van der Waals surface area contributed by atoms with Gasteiger partial charge in [-0.05, 0) is 32.0 Å². The third kappa shape index (κ3) is 3.52. The predicted molar refractivity (Wildman–Crippen MR) is 97.2 cm³/mol. The number of carbonyl (C=O) groups excluding carboxylic acids is 1. The van der Waals surface area contributed by atoms with Crippen LogP contribution in [0.3, 0.4) is 0 Å². The molecule has 2 fully saturated rings. The molecular formula is C19H25N5O. The zero-order valence-corrected chi connectivity index (χ0v) is 14.8. The molecule has 0 bridgehead atoms. The van der Waals surface area contributed by atoms with Gasteiger partial charge in [-0.25, -0.2) is 4.98 Å². The van der Waals surface area contributed by atoms with E-state index in [-0.39, 0.29) is 11.4 Å². The van der Waals surface area contributed by atoms with Crippen molar-refractivity contribution < 1.29 is 4.79 Å². The summed E-state index contributed by atoms with van der Waals surface area (Å²) in [4.78, 5) is 23.4. The minimum Gasteiger partial charge on any atom is -0.353 e. The molecule has 3 heterocycles. The number of anilines is 1. The molecule has 0 unspecified atom stereocenters. The second kappa shape index (κ2) is 7.24. The number of amides is 1. The number of carbonyl (C=O) groups is 1. The first kappa shape index (κ1) is 17.4. The highest BCUT2D eigenvalue weighted by molar-refractivity contribution is 5.76. The van der Waals surface area contributed by atoms with Crippen LogP contribution in [0, 0.1) is 11.3 Å². The zero-order chi connectivity index (χ0) is 17.9. The van der Waals surface area contributed by atoms with Crippen LogP contribution in [0.5, 0.6) is 0 Å². The van der Waals surface area contributed by atoms with E-state index in [1.165, 1.54) is 0 Å². The first-order valence-electron chi connectivity index (χ1n) is 8.79. The Labute approximate surface area is 149 Å². The Kier molecular flexibility index (Phi) is 5.05. The number of likely N-dealkylation sites (tertiary alicyclic amines) is 1. The molecule has 2 saturated heterocycles. The highest BCUT2D eigenvalue weighted by Crippen LogP contribution is 2.33.